The first-order valence-electron chi connectivity index (χ1n) is 7.00. The summed E-state index contributed by atoms with van der Waals surface area (Å²) in [7, 11) is 0. The number of halogens is 2. The highest BCUT2D eigenvalue weighted by Crippen LogP contribution is 2.31. The third-order valence-corrected chi connectivity index (χ3v) is 4.54. The van der Waals surface area contributed by atoms with Crippen molar-refractivity contribution in [3.05, 3.63) is 68.5 Å². The van der Waals surface area contributed by atoms with E-state index < -0.39 is 11.6 Å². The van der Waals surface area contributed by atoms with Gasteiger partial charge in [0.25, 0.3) is 0 Å². The number of hydrogen-bond donors (Lipinski definition) is 0. The number of benzene rings is 1. The summed E-state index contributed by atoms with van der Waals surface area (Å²) in [5.41, 5.74) is 0.547. The maximum absolute atomic E-state index is 14.3. The van der Waals surface area contributed by atoms with Crippen LogP contribution in [0.25, 0.3) is 16.4 Å². The third kappa shape index (κ3) is 2.59. The van der Waals surface area contributed by atoms with E-state index in [-0.39, 0.29) is 16.7 Å². The summed E-state index contributed by atoms with van der Waals surface area (Å²) in [4.78, 5) is 17.5. The molecule has 0 bridgehead atoms. The summed E-state index contributed by atoms with van der Waals surface area (Å²) in [5.74, 6) is -1.42. The topological polar surface area (TPSA) is 34.9 Å². The van der Waals surface area contributed by atoms with Gasteiger partial charge in [-0.25, -0.2) is 13.8 Å². The van der Waals surface area contributed by atoms with E-state index in [1.165, 1.54) is 29.5 Å². The van der Waals surface area contributed by atoms with Gasteiger partial charge < -0.3 is 0 Å². The van der Waals surface area contributed by atoms with E-state index in [4.69, 9.17) is 0 Å². The van der Waals surface area contributed by atoms with Crippen molar-refractivity contribution in [3.63, 3.8) is 0 Å². The summed E-state index contributed by atoms with van der Waals surface area (Å²) in [6, 6.07) is 3.66. The molecule has 0 saturated heterocycles. The molecule has 2 aromatic heterocycles. The van der Waals surface area contributed by atoms with Gasteiger partial charge in [0.2, 0.25) is 0 Å². The molecule has 0 amide bonds. The Morgan fingerprint density at radius 3 is 2.35 bits per heavy atom. The van der Waals surface area contributed by atoms with Crippen molar-refractivity contribution in [2.24, 2.45) is 0 Å². The lowest BCUT2D eigenvalue weighted by Gasteiger charge is -2.16. The van der Waals surface area contributed by atoms with Gasteiger partial charge in [0.15, 0.2) is 10.6 Å². The lowest BCUT2D eigenvalue weighted by molar-refractivity contribution is 0.587. The number of aromatic nitrogens is 2. The number of hydrogen-bond acceptors (Lipinski definition) is 3. The van der Waals surface area contributed by atoms with Gasteiger partial charge in [-0.1, -0.05) is 6.07 Å². The van der Waals surface area contributed by atoms with Crippen LogP contribution < -0.4 is 5.43 Å². The van der Waals surface area contributed by atoms with Crippen LogP contribution in [0.3, 0.4) is 0 Å². The van der Waals surface area contributed by atoms with E-state index in [9.17, 15) is 13.6 Å². The van der Waals surface area contributed by atoms with Gasteiger partial charge in [-0.3, -0.25) is 9.36 Å². The zero-order valence-corrected chi connectivity index (χ0v) is 13.7. The molecule has 0 radical (unpaired) electrons. The van der Waals surface area contributed by atoms with Crippen molar-refractivity contribution < 1.29 is 8.78 Å². The third-order valence-electron chi connectivity index (χ3n) is 3.63. The van der Waals surface area contributed by atoms with Crippen LogP contribution in [0, 0.1) is 32.4 Å². The van der Waals surface area contributed by atoms with Crippen molar-refractivity contribution >= 4 is 11.3 Å². The summed E-state index contributed by atoms with van der Waals surface area (Å²) < 4.78 is 30.1. The minimum Gasteiger partial charge on any atom is -0.292 e. The Labute approximate surface area is 135 Å². The maximum Gasteiger partial charge on any atom is 0.194 e. The first-order valence-corrected chi connectivity index (χ1v) is 7.82. The maximum atomic E-state index is 14.3. The Balaban J connectivity index is 2.44. The molecule has 0 spiro atoms. The summed E-state index contributed by atoms with van der Waals surface area (Å²) in [5, 5.41) is 0.561. The molecule has 0 saturated carbocycles. The van der Waals surface area contributed by atoms with Crippen LogP contribution in [-0.4, -0.2) is 9.55 Å². The van der Waals surface area contributed by atoms with Gasteiger partial charge in [0, 0.05) is 28.4 Å². The molecule has 23 heavy (non-hydrogen) atoms. The average Bonchev–Trinajstić information content (AvgIpc) is 2.93. The fourth-order valence-electron chi connectivity index (χ4n) is 2.54. The van der Waals surface area contributed by atoms with Gasteiger partial charge in [-0.2, -0.15) is 0 Å². The molecular weight excluding hydrogens is 318 g/mol. The number of rotatable bonds is 2. The molecular formula is C17H14F2N2OS. The Hall–Kier alpha value is -2.34. The first-order chi connectivity index (χ1) is 10.9. The number of thiazole rings is 1. The fraction of sp³-hybridized carbons (Fsp3) is 0.176. The van der Waals surface area contributed by atoms with Crippen molar-refractivity contribution in [1.82, 2.24) is 9.55 Å². The predicted octanol–water partition coefficient (Wildman–Crippen LogP) is 4.16. The fourth-order valence-corrected chi connectivity index (χ4v) is 3.28. The van der Waals surface area contributed by atoms with Crippen LogP contribution in [0.1, 0.15) is 16.0 Å². The molecule has 3 aromatic rings. The average molecular weight is 332 g/mol. The summed E-state index contributed by atoms with van der Waals surface area (Å²) in [6.07, 6.45) is 3.26. The van der Waals surface area contributed by atoms with Crippen LogP contribution in [0.2, 0.25) is 0 Å². The molecule has 0 aliphatic rings. The van der Waals surface area contributed by atoms with E-state index >= 15 is 0 Å². The quantitative estimate of drug-likeness (QED) is 0.706. The second-order valence-electron chi connectivity index (χ2n) is 5.33. The van der Waals surface area contributed by atoms with Crippen LogP contribution >= 0.6 is 11.3 Å². The Bertz CT molecular complexity index is 939. The molecule has 0 aliphatic carbocycles. The number of nitrogens with zero attached hydrogens (tertiary/aromatic N) is 2. The molecule has 0 aliphatic heterocycles. The molecule has 2 heterocycles. The lowest BCUT2D eigenvalue weighted by Crippen LogP contribution is -2.17. The second kappa shape index (κ2) is 5.70. The highest BCUT2D eigenvalue weighted by atomic mass is 32.1. The summed E-state index contributed by atoms with van der Waals surface area (Å²) >= 11 is 1.39. The zero-order valence-electron chi connectivity index (χ0n) is 12.9. The molecule has 118 valence electrons. The van der Waals surface area contributed by atoms with Crippen molar-refractivity contribution in [1.29, 1.82) is 0 Å². The smallest absolute Gasteiger partial charge is 0.194 e. The molecule has 0 atom stereocenters. The molecule has 3 rings (SSSR count). The molecule has 6 heteroatoms. The number of pyridine rings is 1. The molecule has 0 N–H and O–H groups in total. The van der Waals surface area contributed by atoms with E-state index in [1.54, 1.807) is 30.8 Å². The van der Waals surface area contributed by atoms with E-state index in [1.807, 2.05) is 6.92 Å². The van der Waals surface area contributed by atoms with Gasteiger partial charge in [-0.05, 0) is 32.9 Å². The standard InChI is InChI=1S/C17H14F2N2OS/c1-9-8-21(17-20-7-10(2)23-17)15(11(3)16(9)22)14-12(18)5-4-6-13(14)19/h4-8H,1-3H3. The number of aryl methyl sites for hydroxylation is 2. The monoisotopic (exact) mass is 332 g/mol. The van der Waals surface area contributed by atoms with Crippen LogP contribution in [-0.2, 0) is 0 Å². The Morgan fingerprint density at radius 1 is 1.13 bits per heavy atom. The highest BCUT2D eigenvalue weighted by molar-refractivity contribution is 7.14. The Morgan fingerprint density at radius 2 is 1.78 bits per heavy atom. The minimum absolute atomic E-state index is 0.200. The largest absolute Gasteiger partial charge is 0.292 e. The zero-order chi connectivity index (χ0) is 16.7. The van der Waals surface area contributed by atoms with Gasteiger partial charge >= 0.3 is 0 Å². The van der Waals surface area contributed by atoms with E-state index in [0.717, 1.165) is 4.88 Å². The summed E-state index contributed by atoms with van der Waals surface area (Å²) in [6.45, 7) is 5.15. The highest BCUT2D eigenvalue weighted by Gasteiger charge is 2.21. The van der Waals surface area contributed by atoms with Gasteiger partial charge in [-0.15, -0.1) is 11.3 Å². The van der Waals surface area contributed by atoms with Gasteiger partial charge in [0.05, 0.1) is 11.3 Å². The predicted molar refractivity (Wildman–Crippen MR) is 87.3 cm³/mol. The first kappa shape index (κ1) is 15.6. The van der Waals surface area contributed by atoms with E-state index in [0.29, 0.717) is 16.3 Å². The SMILES string of the molecule is Cc1cnc(-n2cc(C)c(=O)c(C)c2-c2c(F)cccc2F)s1. The van der Waals surface area contributed by atoms with Crippen LogP contribution in [0.15, 0.2) is 35.4 Å². The van der Waals surface area contributed by atoms with Crippen LogP contribution in [0.4, 0.5) is 8.78 Å². The minimum atomic E-state index is -0.710. The lowest BCUT2D eigenvalue weighted by atomic mass is 10.0. The molecule has 1 aromatic carbocycles. The van der Waals surface area contributed by atoms with E-state index in [2.05, 4.69) is 4.98 Å². The molecule has 0 unspecified atom stereocenters. The van der Waals surface area contributed by atoms with Crippen LogP contribution in [0.5, 0.6) is 0 Å². The van der Waals surface area contributed by atoms with Crippen molar-refractivity contribution in [2.45, 2.75) is 20.8 Å². The second-order valence-corrected chi connectivity index (χ2v) is 6.55. The molecule has 3 nitrogen and oxygen atoms in total. The van der Waals surface area contributed by atoms with Crippen molar-refractivity contribution in [2.75, 3.05) is 0 Å². The normalized spacial score (nSPS) is 11.0. The van der Waals surface area contributed by atoms with Gasteiger partial charge in [0.1, 0.15) is 11.6 Å². The molecule has 0 fully saturated rings. The Kier molecular flexibility index (Phi) is 3.85. The van der Waals surface area contributed by atoms with Crippen molar-refractivity contribution in [3.8, 4) is 16.4 Å².